The number of oxime groups is 1. The van der Waals surface area contributed by atoms with Crippen molar-refractivity contribution in [3.63, 3.8) is 0 Å². The molecular formula is C21H14Cl2F4N6O. The number of alkyl halides is 3. The van der Waals surface area contributed by atoms with Gasteiger partial charge in [0.05, 0.1) is 27.7 Å². The lowest BCUT2D eigenvalue weighted by molar-refractivity contribution is -0.275. The monoisotopic (exact) mass is 512 g/mol. The largest absolute Gasteiger partial charge is 0.435 e. The maximum absolute atomic E-state index is 14.3. The SMILES string of the molecule is CCN(C1=NOC(c2cc(Cl)c(F)c(Cl)c2)(C(F)(F)F)C1)c1ccc(C#N)c(-n2cncn2)c1. The van der Waals surface area contributed by atoms with Crippen LogP contribution >= 0.6 is 23.2 Å². The molecule has 1 aromatic heterocycles. The van der Waals surface area contributed by atoms with Crippen LogP contribution in [0.4, 0.5) is 23.2 Å². The molecule has 0 spiro atoms. The van der Waals surface area contributed by atoms with Crippen molar-refractivity contribution >= 4 is 34.7 Å². The van der Waals surface area contributed by atoms with Crippen LogP contribution in [0.1, 0.15) is 24.5 Å². The number of halogens is 6. The molecule has 1 atom stereocenters. The maximum atomic E-state index is 14.3. The molecule has 4 rings (SSSR count). The minimum Gasteiger partial charge on any atom is -0.372 e. The van der Waals surface area contributed by atoms with E-state index in [4.69, 9.17) is 28.0 Å². The predicted molar refractivity (Wildman–Crippen MR) is 116 cm³/mol. The molecule has 0 bridgehead atoms. The summed E-state index contributed by atoms with van der Waals surface area (Å²) in [6, 6.07) is 8.37. The van der Waals surface area contributed by atoms with Crippen molar-refractivity contribution in [2.75, 3.05) is 11.4 Å². The average molecular weight is 513 g/mol. The Kier molecular flexibility index (Phi) is 6.14. The molecule has 0 amide bonds. The number of anilines is 1. The fourth-order valence-electron chi connectivity index (χ4n) is 3.64. The van der Waals surface area contributed by atoms with E-state index >= 15 is 0 Å². The molecule has 0 saturated carbocycles. The van der Waals surface area contributed by atoms with E-state index in [0.717, 1.165) is 12.1 Å². The molecule has 0 radical (unpaired) electrons. The number of nitrogens with zero attached hydrogens (tertiary/aromatic N) is 6. The Hall–Kier alpha value is -3.36. The van der Waals surface area contributed by atoms with Crippen LogP contribution in [0.15, 0.2) is 48.1 Å². The summed E-state index contributed by atoms with van der Waals surface area (Å²) in [5.74, 6) is -1.07. The molecule has 0 N–H and O–H groups in total. The van der Waals surface area contributed by atoms with Crippen LogP contribution in [0.2, 0.25) is 10.0 Å². The van der Waals surface area contributed by atoms with E-state index in [1.54, 1.807) is 19.1 Å². The number of nitriles is 1. The second-order valence-electron chi connectivity index (χ2n) is 7.25. The Morgan fingerprint density at radius 1 is 1.24 bits per heavy atom. The molecule has 0 fully saturated rings. The van der Waals surface area contributed by atoms with Gasteiger partial charge in [-0.15, -0.1) is 0 Å². The van der Waals surface area contributed by atoms with Gasteiger partial charge < -0.3 is 9.74 Å². The first kappa shape index (κ1) is 23.8. The lowest BCUT2D eigenvalue weighted by atomic mass is 9.89. The van der Waals surface area contributed by atoms with Gasteiger partial charge in [-0.1, -0.05) is 28.4 Å². The van der Waals surface area contributed by atoms with Gasteiger partial charge in [0.2, 0.25) is 0 Å². The second kappa shape index (κ2) is 8.77. The van der Waals surface area contributed by atoms with Gasteiger partial charge in [-0.3, -0.25) is 0 Å². The van der Waals surface area contributed by atoms with Gasteiger partial charge in [0.25, 0.3) is 5.60 Å². The first-order valence-corrected chi connectivity index (χ1v) is 10.5. The number of amidine groups is 1. The van der Waals surface area contributed by atoms with Gasteiger partial charge in [0, 0.05) is 17.8 Å². The number of benzene rings is 2. The first-order chi connectivity index (χ1) is 16.1. The van der Waals surface area contributed by atoms with Gasteiger partial charge in [-0.25, -0.2) is 14.1 Å². The van der Waals surface area contributed by atoms with Crippen LogP contribution in [0.3, 0.4) is 0 Å². The van der Waals surface area contributed by atoms with Crippen molar-refractivity contribution in [1.82, 2.24) is 14.8 Å². The number of hydrogen-bond donors (Lipinski definition) is 0. The predicted octanol–water partition coefficient (Wildman–Crippen LogP) is 5.60. The molecular weight excluding hydrogens is 499 g/mol. The van der Waals surface area contributed by atoms with Gasteiger partial charge in [0.15, 0.2) is 11.7 Å². The van der Waals surface area contributed by atoms with E-state index in [-0.39, 0.29) is 17.9 Å². The average Bonchev–Trinajstić information content (AvgIpc) is 3.48. The summed E-state index contributed by atoms with van der Waals surface area (Å²) in [5, 5.41) is 16.0. The zero-order valence-electron chi connectivity index (χ0n) is 17.3. The zero-order valence-corrected chi connectivity index (χ0v) is 18.8. The Balaban J connectivity index is 1.74. The highest BCUT2D eigenvalue weighted by Gasteiger charge is 2.63. The molecule has 2 aromatic carbocycles. The summed E-state index contributed by atoms with van der Waals surface area (Å²) in [7, 11) is 0. The van der Waals surface area contributed by atoms with Gasteiger partial charge >= 0.3 is 6.18 Å². The molecule has 0 aliphatic carbocycles. The second-order valence-corrected chi connectivity index (χ2v) is 8.07. The van der Waals surface area contributed by atoms with Crippen molar-refractivity contribution in [2.24, 2.45) is 5.16 Å². The Morgan fingerprint density at radius 3 is 2.50 bits per heavy atom. The van der Waals surface area contributed by atoms with Crippen molar-refractivity contribution in [3.8, 4) is 11.8 Å². The Bertz CT molecular complexity index is 1280. The van der Waals surface area contributed by atoms with Crippen LogP contribution in [0.25, 0.3) is 5.69 Å². The van der Waals surface area contributed by atoms with E-state index in [1.165, 1.54) is 28.3 Å². The topological polar surface area (TPSA) is 79.3 Å². The molecule has 1 aliphatic heterocycles. The summed E-state index contributed by atoms with van der Waals surface area (Å²) in [6.45, 7) is 1.94. The zero-order chi connectivity index (χ0) is 24.7. The van der Waals surface area contributed by atoms with Gasteiger partial charge in [-0.2, -0.15) is 23.5 Å². The van der Waals surface area contributed by atoms with Crippen LogP contribution in [-0.4, -0.2) is 33.3 Å². The standard InChI is InChI=1S/C21H14Cl2F4N6O/c1-2-32(14-4-3-12(9-28)17(7-14)33-11-29-10-30-33)18-8-20(34-31-18,21(25,26)27)13-5-15(22)19(24)16(23)6-13/h3-7,10-11H,2,8H2,1H3. The molecule has 1 unspecified atom stereocenters. The fraction of sp³-hybridized carbons (Fsp3) is 0.238. The van der Waals surface area contributed by atoms with E-state index in [0.29, 0.717) is 11.4 Å². The minimum atomic E-state index is -4.93. The van der Waals surface area contributed by atoms with E-state index in [1.807, 2.05) is 6.07 Å². The first-order valence-electron chi connectivity index (χ1n) is 9.74. The van der Waals surface area contributed by atoms with E-state index in [9.17, 15) is 22.8 Å². The van der Waals surface area contributed by atoms with E-state index < -0.39 is 39.6 Å². The summed E-state index contributed by atoms with van der Waals surface area (Å²) in [4.78, 5) is 10.4. The van der Waals surface area contributed by atoms with Gasteiger partial charge in [-0.05, 0) is 37.3 Å². The number of hydrogen-bond acceptors (Lipinski definition) is 6. The van der Waals surface area contributed by atoms with Crippen molar-refractivity contribution in [1.29, 1.82) is 5.26 Å². The van der Waals surface area contributed by atoms with Crippen LogP contribution in [0, 0.1) is 17.1 Å². The molecule has 0 saturated heterocycles. The highest BCUT2D eigenvalue weighted by Crippen LogP contribution is 2.50. The van der Waals surface area contributed by atoms with Crippen LogP contribution in [-0.2, 0) is 10.4 Å². The molecule has 13 heteroatoms. The number of rotatable bonds is 4. The number of aromatic nitrogens is 3. The summed E-state index contributed by atoms with van der Waals surface area (Å²) < 4.78 is 58.1. The summed E-state index contributed by atoms with van der Waals surface area (Å²) in [6.07, 6.45) is -2.97. The lowest BCUT2D eigenvalue weighted by Crippen LogP contribution is -2.44. The molecule has 2 heterocycles. The molecule has 1 aliphatic rings. The normalized spacial score (nSPS) is 17.8. The Morgan fingerprint density at radius 2 is 1.94 bits per heavy atom. The van der Waals surface area contributed by atoms with Crippen molar-refractivity contribution in [3.05, 3.63) is 70.0 Å². The third kappa shape index (κ3) is 3.93. The third-order valence-electron chi connectivity index (χ3n) is 5.33. The fourth-order valence-corrected chi connectivity index (χ4v) is 4.13. The quantitative estimate of drug-likeness (QED) is 0.335. The summed E-state index contributed by atoms with van der Waals surface area (Å²) in [5.41, 5.74) is -2.28. The van der Waals surface area contributed by atoms with Crippen molar-refractivity contribution in [2.45, 2.75) is 25.1 Å². The lowest BCUT2D eigenvalue weighted by Gasteiger charge is -2.30. The molecule has 176 valence electrons. The van der Waals surface area contributed by atoms with Crippen LogP contribution in [0.5, 0.6) is 0 Å². The van der Waals surface area contributed by atoms with Crippen molar-refractivity contribution < 1.29 is 22.4 Å². The molecule has 3 aromatic rings. The smallest absolute Gasteiger partial charge is 0.372 e. The Labute approximate surface area is 200 Å². The van der Waals surface area contributed by atoms with Gasteiger partial charge in [0.1, 0.15) is 18.7 Å². The molecule has 34 heavy (non-hydrogen) atoms. The molecule has 7 nitrogen and oxygen atoms in total. The highest BCUT2D eigenvalue weighted by molar-refractivity contribution is 6.35. The third-order valence-corrected chi connectivity index (χ3v) is 5.88. The highest BCUT2D eigenvalue weighted by atomic mass is 35.5. The van der Waals surface area contributed by atoms with E-state index in [2.05, 4.69) is 15.2 Å². The summed E-state index contributed by atoms with van der Waals surface area (Å²) >= 11 is 11.5. The maximum Gasteiger partial charge on any atom is 0.435 e. The van der Waals surface area contributed by atoms with Crippen LogP contribution < -0.4 is 4.90 Å². The minimum absolute atomic E-state index is 0.0364.